The maximum atomic E-state index is 14.0. The smallest absolute Gasteiger partial charge is 0.338 e. The minimum atomic E-state index is -1.07. The molecule has 44 heavy (non-hydrogen) atoms. The van der Waals surface area contributed by atoms with Crippen LogP contribution in [0.25, 0.3) is 17.4 Å². The average molecular weight is 617 g/mol. The van der Waals surface area contributed by atoms with Crippen molar-refractivity contribution >= 4 is 29.4 Å². The monoisotopic (exact) mass is 616 g/mol. The largest absolute Gasteiger partial charge is 0.493 e. The van der Waals surface area contributed by atoms with E-state index in [0.29, 0.717) is 55.8 Å². The van der Waals surface area contributed by atoms with Crippen LogP contribution < -0.4 is 24.4 Å². The fraction of sp³-hybridized carbons (Fsp3) is 0.273. The molecule has 0 saturated heterocycles. The third kappa shape index (κ3) is 5.96. The van der Waals surface area contributed by atoms with Gasteiger partial charge < -0.3 is 23.7 Å². The van der Waals surface area contributed by atoms with Gasteiger partial charge in [0.25, 0.3) is 5.56 Å². The molecule has 0 amide bonds. The summed E-state index contributed by atoms with van der Waals surface area (Å²) in [6.07, 6.45) is 3.46. The van der Waals surface area contributed by atoms with Crippen molar-refractivity contribution in [3.8, 4) is 22.8 Å². The van der Waals surface area contributed by atoms with E-state index < -0.39 is 18.0 Å². The van der Waals surface area contributed by atoms with Crippen LogP contribution in [0.4, 0.5) is 0 Å². The van der Waals surface area contributed by atoms with Crippen LogP contribution in [0.15, 0.2) is 80.1 Å². The Labute approximate surface area is 257 Å². The number of allylic oxidation sites excluding steroid dienone is 1. The highest BCUT2D eigenvalue weighted by molar-refractivity contribution is 7.07. The highest BCUT2D eigenvalue weighted by Crippen LogP contribution is 2.36. The summed E-state index contributed by atoms with van der Waals surface area (Å²) in [6.45, 7) is 6.20. The number of carboxylic acid groups (broad SMARTS) is 1. The number of fused-ring (bicyclic) bond motifs is 1. The van der Waals surface area contributed by atoms with Crippen LogP contribution in [-0.4, -0.2) is 41.9 Å². The lowest BCUT2D eigenvalue weighted by Gasteiger charge is -2.25. The molecule has 10 nitrogen and oxygen atoms in total. The van der Waals surface area contributed by atoms with Crippen molar-refractivity contribution in [1.82, 2.24) is 4.57 Å². The molecule has 1 N–H and O–H groups in total. The molecule has 0 fully saturated rings. The fourth-order valence-electron chi connectivity index (χ4n) is 5.00. The summed E-state index contributed by atoms with van der Waals surface area (Å²) in [5.74, 6) is 0.115. The number of aromatic nitrogens is 1. The van der Waals surface area contributed by atoms with Crippen LogP contribution in [-0.2, 0) is 9.53 Å². The number of thiazole rings is 1. The third-order valence-electron chi connectivity index (χ3n) is 7.10. The molecular weight excluding hydrogens is 584 g/mol. The molecule has 2 aromatic carbocycles. The molecule has 2 aromatic heterocycles. The van der Waals surface area contributed by atoms with Crippen molar-refractivity contribution in [3.05, 3.63) is 102 Å². The summed E-state index contributed by atoms with van der Waals surface area (Å²) < 4.78 is 24.7. The lowest BCUT2D eigenvalue weighted by atomic mass is 9.95. The Morgan fingerprint density at radius 1 is 1.11 bits per heavy atom. The molecule has 0 spiro atoms. The summed E-state index contributed by atoms with van der Waals surface area (Å²) in [7, 11) is 1.54. The van der Waals surface area contributed by atoms with Gasteiger partial charge in [-0.2, -0.15) is 0 Å². The Bertz CT molecular complexity index is 1930. The van der Waals surface area contributed by atoms with Crippen molar-refractivity contribution in [1.29, 1.82) is 0 Å². The molecule has 228 valence electrons. The molecule has 0 radical (unpaired) electrons. The second kappa shape index (κ2) is 13.2. The molecule has 3 heterocycles. The van der Waals surface area contributed by atoms with Gasteiger partial charge in [-0.1, -0.05) is 48.9 Å². The van der Waals surface area contributed by atoms with E-state index >= 15 is 0 Å². The van der Waals surface area contributed by atoms with Gasteiger partial charge in [-0.15, -0.1) is 0 Å². The second-order valence-electron chi connectivity index (χ2n) is 9.97. The van der Waals surface area contributed by atoms with Crippen molar-refractivity contribution in [2.75, 3.05) is 20.3 Å². The van der Waals surface area contributed by atoms with E-state index in [1.165, 1.54) is 17.7 Å². The zero-order chi connectivity index (χ0) is 31.4. The molecule has 1 atom stereocenters. The Balaban J connectivity index is 1.62. The van der Waals surface area contributed by atoms with E-state index in [1.54, 1.807) is 62.4 Å². The average Bonchev–Trinajstić information content (AvgIpc) is 3.60. The van der Waals surface area contributed by atoms with Gasteiger partial charge in [0.1, 0.15) is 11.5 Å². The summed E-state index contributed by atoms with van der Waals surface area (Å²) in [5.41, 5.74) is 1.46. The predicted molar refractivity (Wildman–Crippen MR) is 165 cm³/mol. The lowest BCUT2D eigenvalue weighted by molar-refractivity contribution is -0.139. The van der Waals surface area contributed by atoms with Crippen LogP contribution in [0.5, 0.6) is 11.5 Å². The number of hydrogen-bond donors (Lipinski definition) is 1. The van der Waals surface area contributed by atoms with E-state index in [1.807, 2.05) is 6.07 Å². The van der Waals surface area contributed by atoms with Gasteiger partial charge in [0.2, 0.25) is 0 Å². The number of ether oxygens (including phenoxy) is 3. The Hall–Kier alpha value is -4.90. The van der Waals surface area contributed by atoms with Gasteiger partial charge in [-0.25, -0.2) is 14.6 Å². The van der Waals surface area contributed by atoms with Gasteiger partial charge >= 0.3 is 11.9 Å². The number of carboxylic acids is 1. The normalized spacial score (nSPS) is 14.6. The van der Waals surface area contributed by atoms with Crippen LogP contribution in [0.1, 0.15) is 61.3 Å². The van der Waals surface area contributed by atoms with Crippen molar-refractivity contribution in [2.45, 2.75) is 39.7 Å². The van der Waals surface area contributed by atoms with Crippen molar-refractivity contribution in [2.24, 2.45) is 4.99 Å². The number of furan rings is 1. The van der Waals surface area contributed by atoms with E-state index in [-0.39, 0.29) is 23.3 Å². The third-order valence-corrected chi connectivity index (χ3v) is 8.08. The topological polar surface area (TPSA) is 130 Å². The molecule has 1 aliphatic rings. The van der Waals surface area contributed by atoms with Crippen molar-refractivity contribution < 1.29 is 33.3 Å². The quantitative estimate of drug-likeness (QED) is 0.185. The number of carbonyl (C=O) groups excluding carboxylic acids is 1. The van der Waals surface area contributed by atoms with Gasteiger partial charge in [-0.05, 0) is 56.2 Å². The molecule has 11 heteroatoms. The van der Waals surface area contributed by atoms with Crippen LogP contribution >= 0.6 is 11.3 Å². The molecular formula is C33H32N2O8S. The number of rotatable bonds is 11. The summed E-state index contributed by atoms with van der Waals surface area (Å²) in [6, 6.07) is 14.4. The SMILES string of the molecule is CCCCOc1ccc([C@H]2C(C(=O)OCC)=C(C)N=c3s/c(=C/c4ccc(-c5ccccc5C(=O)O)o4)c(=O)n32)cc1OC. The Kier molecular flexibility index (Phi) is 9.15. The van der Waals surface area contributed by atoms with E-state index in [9.17, 15) is 19.5 Å². The van der Waals surface area contributed by atoms with Gasteiger partial charge in [0.05, 0.1) is 47.7 Å². The first-order valence-corrected chi connectivity index (χ1v) is 15.0. The van der Waals surface area contributed by atoms with Crippen LogP contribution in [0.2, 0.25) is 0 Å². The number of nitrogens with zero attached hydrogens (tertiary/aromatic N) is 2. The number of unbranched alkanes of at least 4 members (excludes halogenated alkanes) is 1. The summed E-state index contributed by atoms with van der Waals surface area (Å²) in [4.78, 5) is 43.9. The fourth-order valence-corrected chi connectivity index (χ4v) is 6.02. The van der Waals surface area contributed by atoms with Gasteiger partial charge in [0.15, 0.2) is 16.3 Å². The number of carbonyl (C=O) groups is 2. The Morgan fingerprint density at radius 3 is 2.64 bits per heavy atom. The predicted octanol–water partition coefficient (Wildman–Crippen LogP) is 4.94. The molecule has 0 unspecified atom stereocenters. The van der Waals surface area contributed by atoms with Crippen molar-refractivity contribution in [3.63, 3.8) is 0 Å². The number of benzene rings is 2. The lowest BCUT2D eigenvalue weighted by Crippen LogP contribution is -2.39. The molecule has 0 bridgehead atoms. The van der Waals surface area contributed by atoms with E-state index in [4.69, 9.17) is 18.6 Å². The molecule has 4 aromatic rings. The first-order valence-electron chi connectivity index (χ1n) is 14.2. The summed E-state index contributed by atoms with van der Waals surface area (Å²) >= 11 is 1.16. The van der Waals surface area contributed by atoms with E-state index in [2.05, 4.69) is 11.9 Å². The highest BCUT2D eigenvalue weighted by Gasteiger charge is 2.34. The minimum Gasteiger partial charge on any atom is -0.493 e. The number of hydrogen-bond acceptors (Lipinski definition) is 9. The highest BCUT2D eigenvalue weighted by atomic mass is 32.1. The Morgan fingerprint density at radius 2 is 1.91 bits per heavy atom. The molecule has 0 aliphatic carbocycles. The zero-order valence-corrected chi connectivity index (χ0v) is 25.6. The zero-order valence-electron chi connectivity index (χ0n) is 24.8. The molecule has 0 saturated carbocycles. The maximum Gasteiger partial charge on any atom is 0.338 e. The minimum absolute atomic E-state index is 0.104. The van der Waals surface area contributed by atoms with Gasteiger partial charge in [0, 0.05) is 11.6 Å². The number of esters is 1. The number of aromatic carboxylic acids is 1. The first kappa shape index (κ1) is 30.6. The summed E-state index contributed by atoms with van der Waals surface area (Å²) in [5, 5.41) is 9.58. The first-order chi connectivity index (χ1) is 21.3. The second-order valence-corrected chi connectivity index (χ2v) is 11.0. The van der Waals surface area contributed by atoms with Crippen LogP contribution in [0.3, 0.4) is 0 Å². The molecule has 5 rings (SSSR count). The van der Waals surface area contributed by atoms with Crippen LogP contribution in [0, 0.1) is 0 Å². The van der Waals surface area contributed by atoms with E-state index in [0.717, 1.165) is 24.2 Å². The van der Waals surface area contributed by atoms with Gasteiger partial charge in [-0.3, -0.25) is 9.36 Å². The molecule has 1 aliphatic heterocycles. The maximum absolute atomic E-state index is 14.0. The number of methoxy groups -OCH3 is 1. The standard InChI is InChI=1S/C33H32N2O8S/c1-5-7-16-42-25-14-12-20(17-26(25)40-4)29-28(32(39)41-6-2)19(3)34-33-35(29)30(36)27(44-33)18-21-13-15-24(43-21)22-10-8-9-11-23(22)31(37)38/h8-15,17-18,29H,5-7,16H2,1-4H3,(H,37,38)/b27-18+/t29-/m0/s1.